The monoisotopic (exact) mass is 124 g/mol. The smallest absolute Gasteiger partial charge is 0.0266 e. The number of rotatable bonds is 0. The fraction of sp³-hybridized carbons (Fsp3) is 1.00. The van der Waals surface area contributed by atoms with Crippen LogP contribution in [0, 0.1) is 17.3 Å². The normalized spacial score (nSPS) is 56.7. The molecule has 52 valence electrons. The van der Waals surface area contributed by atoms with Crippen LogP contribution in [0.1, 0.15) is 39.5 Å². The highest BCUT2D eigenvalue weighted by molar-refractivity contribution is 5.03. The minimum absolute atomic E-state index is 0.874. The quantitative estimate of drug-likeness (QED) is 0.466. The first-order valence-electron chi connectivity index (χ1n) is 4.23. The first kappa shape index (κ1) is 5.76. The second-order valence-electron chi connectivity index (χ2n) is 4.32. The molecule has 0 radical (unpaired) electrons. The van der Waals surface area contributed by atoms with Crippen LogP contribution in [0.3, 0.4) is 0 Å². The van der Waals surface area contributed by atoms with Crippen LogP contribution in [-0.4, -0.2) is 0 Å². The predicted octanol–water partition coefficient (Wildman–Crippen LogP) is 2.83. The third-order valence-electron chi connectivity index (χ3n) is 3.49. The van der Waals surface area contributed by atoms with Gasteiger partial charge in [0.15, 0.2) is 0 Å². The number of hydrogen-bond donors (Lipinski definition) is 0. The summed E-state index contributed by atoms with van der Waals surface area (Å²) in [6.45, 7) is 4.82. The third-order valence-corrected chi connectivity index (χ3v) is 3.49. The fourth-order valence-corrected chi connectivity index (χ4v) is 2.62. The maximum absolute atomic E-state index is 2.41. The van der Waals surface area contributed by atoms with Crippen LogP contribution in [0.25, 0.3) is 0 Å². The highest BCUT2D eigenvalue weighted by Gasteiger charge is 2.53. The zero-order valence-electron chi connectivity index (χ0n) is 6.48. The van der Waals surface area contributed by atoms with Gasteiger partial charge in [-0.1, -0.05) is 20.3 Å². The van der Waals surface area contributed by atoms with Crippen molar-refractivity contribution in [2.75, 3.05) is 0 Å². The van der Waals surface area contributed by atoms with Gasteiger partial charge in [0, 0.05) is 0 Å². The summed E-state index contributed by atoms with van der Waals surface area (Å²) in [5.74, 6) is 2.11. The van der Waals surface area contributed by atoms with Gasteiger partial charge in [-0.15, -0.1) is 0 Å². The van der Waals surface area contributed by atoms with Crippen molar-refractivity contribution in [1.29, 1.82) is 0 Å². The van der Waals surface area contributed by atoms with Crippen molar-refractivity contribution in [3.63, 3.8) is 0 Å². The molecular formula is C9H16. The Labute approximate surface area is 57.6 Å². The Hall–Kier alpha value is 0. The first-order valence-corrected chi connectivity index (χ1v) is 4.23. The molecule has 0 nitrogen and oxygen atoms in total. The molecule has 3 atom stereocenters. The molecule has 2 fully saturated rings. The third kappa shape index (κ3) is 0.720. The summed E-state index contributed by atoms with van der Waals surface area (Å²) in [6.07, 6.45) is 6.12. The summed E-state index contributed by atoms with van der Waals surface area (Å²) in [5, 5.41) is 0. The molecule has 0 aromatic rings. The van der Waals surface area contributed by atoms with E-state index in [9.17, 15) is 0 Å². The van der Waals surface area contributed by atoms with Crippen molar-refractivity contribution < 1.29 is 0 Å². The van der Waals surface area contributed by atoms with Gasteiger partial charge in [-0.25, -0.2) is 0 Å². The second kappa shape index (κ2) is 1.53. The van der Waals surface area contributed by atoms with E-state index >= 15 is 0 Å². The summed E-state index contributed by atoms with van der Waals surface area (Å²) < 4.78 is 0. The van der Waals surface area contributed by atoms with Gasteiger partial charge in [0.25, 0.3) is 0 Å². The molecule has 1 unspecified atom stereocenters. The average molecular weight is 124 g/mol. The van der Waals surface area contributed by atoms with Crippen LogP contribution in [-0.2, 0) is 0 Å². The first-order chi connectivity index (χ1) is 4.23. The molecule has 0 bridgehead atoms. The Balaban J connectivity index is 2.03. The summed E-state index contributed by atoms with van der Waals surface area (Å²) in [6, 6.07) is 0. The van der Waals surface area contributed by atoms with Gasteiger partial charge >= 0.3 is 0 Å². The van der Waals surface area contributed by atoms with Crippen LogP contribution in [0.4, 0.5) is 0 Å². The molecule has 2 aliphatic carbocycles. The fourth-order valence-electron chi connectivity index (χ4n) is 2.62. The Morgan fingerprint density at radius 2 is 1.89 bits per heavy atom. The van der Waals surface area contributed by atoms with Gasteiger partial charge in [-0.3, -0.25) is 0 Å². The molecular weight excluding hydrogens is 108 g/mol. The van der Waals surface area contributed by atoms with Crippen molar-refractivity contribution in [1.82, 2.24) is 0 Å². The highest BCUT2D eigenvalue weighted by Crippen LogP contribution is 2.63. The van der Waals surface area contributed by atoms with Gasteiger partial charge in [-0.2, -0.15) is 0 Å². The Bertz CT molecular complexity index is 126. The predicted molar refractivity (Wildman–Crippen MR) is 39.2 cm³/mol. The van der Waals surface area contributed by atoms with Crippen molar-refractivity contribution in [3.8, 4) is 0 Å². The molecule has 0 heterocycles. The molecule has 2 aliphatic rings. The summed E-state index contributed by atoms with van der Waals surface area (Å²) in [5.41, 5.74) is 0.874. The molecule has 0 N–H and O–H groups in total. The van der Waals surface area contributed by atoms with E-state index in [4.69, 9.17) is 0 Å². The standard InChI is InChI=1S/C9H16/c1-7-3-4-9(5-7)6-8(9)2/h7-8H,3-6H2,1-2H3/t7-,8-,9?/m1/s1. The van der Waals surface area contributed by atoms with E-state index in [1.165, 1.54) is 25.7 Å². The number of hydrogen-bond acceptors (Lipinski definition) is 0. The summed E-state index contributed by atoms with van der Waals surface area (Å²) in [7, 11) is 0. The summed E-state index contributed by atoms with van der Waals surface area (Å²) >= 11 is 0. The van der Waals surface area contributed by atoms with E-state index in [0.29, 0.717) is 0 Å². The van der Waals surface area contributed by atoms with E-state index in [2.05, 4.69) is 13.8 Å². The lowest BCUT2D eigenvalue weighted by atomic mass is 10.0. The lowest BCUT2D eigenvalue weighted by Crippen LogP contribution is -1.94. The largest absolute Gasteiger partial charge is 0.0625 e. The SMILES string of the molecule is C[C@@H]1CCC2(C1)C[C@H]2C. The molecule has 0 saturated heterocycles. The van der Waals surface area contributed by atoms with Crippen molar-refractivity contribution >= 4 is 0 Å². The van der Waals surface area contributed by atoms with Crippen LogP contribution in [0.15, 0.2) is 0 Å². The molecule has 2 saturated carbocycles. The van der Waals surface area contributed by atoms with Gasteiger partial charge in [-0.05, 0) is 36.5 Å². The minimum Gasteiger partial charge on any atom is -0.0625 e. The molecule has 2 rings (SSSR count). The van der Waals surface area contributed by atoms with E-state index in [0.717, 1.165) is 17.3 Å². The summed E-state index contributed by atoms with van der Waals surface area (Å²) in [4.78, 5) is 0. The Morgan fingerprint density at radius 1 is 1.22 bits per heavy atom. The van der Waals surface area contributed by atoms with Gasteiger partial charge in [0.1, 0.15) is 0 Å². The molecule has 0 aliphatic heterocycles. The molecule has 0 aromatic heterocycles. The molecule has 0 amide bonds. The topological polar surface area (TPSA) is 0 Å². The van der Waals surface area contributed by atoms with Crippen LogP contribution in [0.5, 0.6) is 0 Å². The van der Waals surface area contributed by atoms with Crippen molar-refractivity contribution in [2.24, 2.45) is 17.3 Å². The molecule has 1 spiro atoms. The van der Waals surface area contributed by atoms with Gasteiger partial charge in [0.2, 0.25) is 0 Å². The van der Waals surface area contributed by atoms with E-state index in [-0.39, 0.29) is 0 Å². The minimum atomic E-state index is 0.874. The molecule has 0 heteroatoms. The maximum Gasteiger partial charge on any atom is -0.0266 e. The highest BCUT2D eigenvalue weighted by atomic mass is 14.6. The lowest BCUT2D eigenvalue weighted by Gasteiger charge is -2.04. The van der Waals surface area contributed by atoms with E-state index in [1.54, 1.807) is 0 Å². The Kier molecular flexibility index (Phi) is 0.980. The zero-order chi connectivity index (χ0) is 6.48. The average Bonchev–Trinajstić information content (AvgIpc) is 2.17. The molecule has 9 heavy (non-hydrogen) atoms. The van der Waals surface area contributed by atoms with E-state index in [1.807, 2.05) is 0 Å². The zero-order valence-corrected chi connectivity index (χ0v) is 6.48. The van der Waals surface area contributed by atoms with Crippen LogP contribution in [0.2, 0.25) is 0 Å². The second-order valence-corrected chi connectivity index (χ2v) is 4.32. The van der Waals surface area contributed by atoms with Crippen molar-refractivity contribution in [3.05, 3.63) is 0 Å². The van der Waals surface area contributed by atoms with Crippen LogP contribution >= 0.6 is 0 Å². The Morgan fingerprint density at radius 3 is 2.11 bits per heavy atom. The maximum atomic E-state index is 2.41. The lowest BCUT2D eigenvalue weighted by molar-refractivity contribution is 0.462. The van der Waals surface area contributed by atoms with E-state index < -0.39 is 0 Å². The molecule has 0 aromatic carbocycles. The van der Waals surface area contributed by atoms with Crippen LogP contribution < -0.4 is 0 Å². The van der Waals surface area contributed by atoms with Gasteiger partial charge < -0.3 is 0 Å². The van der Waals surface area contributed by atoms with Crippen molar-refractivity contribution in [2.45, 2.75) is 39.5 Å². The van der Waals surface area contributed by atoms with Gasteiger partial charge in [0.05, 0.1) is 0 Å².